The minimum Gasteiger partial charge on any atom is -0.508 e. The first-order valence-corrected chi connectivity index (χ1v) is 5.70. The van der Waals surface area contributed by atoms with Crippen LogP contribution in [0.1, 0.15) is 0 Å². The van der Waals surface area contributed by atoms with Gasteiger partial charge in [0, 0.05) is 11.1 Å². The average Bonchev–Trinajstić information content (AvgIpc) is 2.32. The Bertz CT molecular complexity index is 615. The predicted molar refractivity (Wildman–Crippen MR) is 70.4 cm³/mol. The minimum atomic E-state index is -0.170. The van der Waals surface area contributed by atoms with E-state index in [2.05, 4.69) is 10.2 Å². The molecule has 0 fully saturated rings. The maximum Gasteiger partial charge on any atom is 0.146 e. The van der Waals surface area contributed by atoms with Crippen LogP contribution in [0, 0.1) is 0 Å². The zero-order chi connectivity index (χ0) is 13.1. The molecule has 6 heteroatoms. The molecule has 4 nitrogen and oxygen atoms in total. The lowest BCUT2D eigenvalue weighted by molar-refractivity contribution is 0.451. The van der Waals surface area contributed by atoms with E-state index in [9.17, 15) is 5.11 Å². The molecule has 0 radical (unpaired) electrons. The number of nitrogens with zero attached hydrogens (tertiary/aromatic N) is 2. The summed E-state index contributed by atoms with van der Waals surface area (Å²) in [7, 11) is 0. The van der Waals surface area contributed by atoms with Gasteiger partial charge < -0.3 is 10.2 Å². The van der Waals surface area contributed by atoms with Crippen molar-refractivity contribution in [2.75, 3.05) is 0 Å². The molecule has 0 saturated carbocycles. The van der Waals surface area contributed by atoms with Gasteiger partial charge in [-0.05, 0) is 30.3 Å². The summed E-state index contributed by atoms with van der Waals surface area (Å²) in [6.07, 6.45) is 0. The first-order chi connectivity index (χ1) is 8.56. The van der Waals surface area contributed by atoms with Crippen molar-refractivity contribution in [3.8, 4) is 11.5 Å². The van der Waals surface area contributed by atoms with Crippen LogP contribution in [-0.2, 0) is 0 Å². The lowest BCUT2D eigenvalue weighted by Crippen LogP contribution is -1.70. The summed E-state index contributed by atoms with van der Waals surface area (Å²) in [5, 5.41) is 27.3. The normalized spacial score (nSPS) is 11.0. The van der Waals surface area contributed by atoms with Crippen LogP contribution in [0.3, 0.4) is 0 Å². The number of aromatic hydroxyl groups is 2. The number of halogens is 2. The van der Waals surface area contributed by atoms with Crippen molar-refractivity contribution < 1.29 is 10.2 Å². The van der Waals surface area contributed by atoms with Gasteiger partial charge in [-0.25, -0.2) is 0 Å². The third kappa shape index (κ3) is 2.91. The van der Waals surface area contributed by atoms with E-state index in [-0.39, 0.29) is 17.2 Å². The molecular formula is C12H8Cl2N2O2. The zero-order valence-electron chi connectivity index (χ0n) is 9.01. The van der Waals surface area contributed by atoms with E-state index in [1.54, 1.807) is 18.2 Å². The summed E-state index contributed by atoms with van der Waals surface area (Å²) in [4.78, 5) is 0. The van der Waals surface area contributed by atoms with E-state index in [1.807, 2.05) is 0 Å². The first-order valence-electron chi connectivity index (χ1n) is 4.95. The van der Waals surface area contributed by atoms with E-state index in [1.165, 1.54) is 18.2 Å². The quantitative estimate of drug-likeness (QED) is 0.776. The number of hydrogen-bond acceptors (Lipinski definition) is 4. The second-order valence-corrected chi connectivity index (χ2v) is 4.31. The molecule has 2 aromatic carbocycles. The van der Waals surface area contributed by atoms with Crippen molar-refractivity contribution in [1.82, 2.24) is 0 Å². The smallest absolute Gasteiger partial charge is 0.146 e. The van der Waals surface area contributed by atoms with Crippen LogP contribution in [0.15, 0.2) is 46.6 Å². The number of phenolic OH excluding ortho intramolecular Hbond substituents is 2. The van der Waals surface area contributed by atoms with Gasteiger partial charge >= 0.3 is 0 Å². The van der Waals surface area contributed by atoms with Crippen molar-refractivity contribution in [2.24, 2.45) is 10.2 Å². The van der Waals surface area contributed by atoms with Crippen LogP contribution in [0.4, 0.5) is 11.4 Å². The Morgan fingerprint density at radius 3 is 2.28 bits per heavy atom. The van der Waals surface area contributed by atoms with Crippen molar-refractivity contribution in [3.63, 3.8) is 0 Å². The van der Waals surface area contributed by atoms with Gasteiger partial charge in [-0.2, -0.15) is 0 Å². The molecule has 2 N–H and O–H groups in total. The van der Waals surface area contributed by atoms with Gasteiger partial charge in [0.2, 0.25) is 0 Å². The van der Waals surface area contributed by atoms with Crippen molar-refractivity contribution in [3.05, 3.63) is 46.4 Å². The fourth-order valence-corrected chi connectivity index (χ4v) is 1.59. The summed E-state index contributed by atoms with van der Waals surface area (Å²) < 4.78 is 0. The molecule has 0 aromatic heterocycles. The van der Waals surface area contributed by atoms with Crippen molar-refractivity contribution >= 4 is 34.6 Å². The fourth-order valence-electron chi connectivity index (χ4n) is 1.27. The van der Waals surface area contributed by atoms with Crippen LogP contribution in [0.25, 0.3) is 0 Å². The molecule has 2 aromatic rings. The van der Waals surface area contributed by atoms with Gasteiger partial charge in [0.1, 0.15) is 22.9 Å². The van der Waals surface area contributed by atoms with Gasteiger partial charge in [0.25, 0.3) is 0 Å². The number of azo groups is 1. The summed E-state index contributed by atoms with van der Waals surface area (Å²) in [5.74, 6) is -0.218. The van der Waals surface area contributed by atoms with E-state index in [4.69, 9.17) is 28.3 Å². The highest BCUT2D eigenvalue weighted by molar-refractivity contribution is 6.35. The number of phenols is 2. The number of benzene rings is 2. The summed E-state index contributed by atoms with van der Waals surface area (Å²) in [6, 6.07) is 8.81. The first kappa shape index (κ1) is 12.7. The van der Waals surface area contributed by atoms with E-state index in [0.717, 1.165) is 0 Å². The van der Waals surface area contributed by atoms with Crippen LogP contribution in [-0.4, -0.2) is 10.2 Å². The summed E-state index contributed by atoms with van der Waals surface area (Å²) in [6.45, 7) is 0. The Kier molecular flexibility index (Phi) is 3.69. The van der Waals surface area contributed by atoms with Gasteiger partial charge in [-0.15, -0.1) is 10.2 Å². The van der Waals surface area contributed by atoms with E-state index in [0.29, 0.717) is 15.7 Å². The van der Waals surface area contributed by atoms with Crippen molar-refractivity contribution in [1.29, 1.82) is 0 Å². The topological polar surface area (TPSA) is 65.2 Å². The molecular weight excluding hydrogens is 275 g/mol. The largest absolute Gasteiger partial charge is 0.508 e. The molecule has 0 heterocycles. The Morgan fingerprint density at radius 1 is 0.833 bits per heavy atom. The highest BCUT2D eigenvalue weighted by Crippen LogP contribution is 2.33. The van der Waals surface area contributed by atoms with Crippen LogP contribution < -0.4 is 0 Å². The van der Waals surface area contributed by atoms with Gasteiger partial charge in [0.15, 0.2) is 0 Å². The third-order valence-corrected chi connectivity index (χ3v) is 2.69. The molecule has 92 valence electrons. The molecule has 0 spiro atoms. The SMILES string of the molecule is Oc1ccc(N=Nc2cc(Cl)ccc2Cl)c(O)c1. The highest BCUT2D eigenvalue weighted by atomic mass is 35.5. The molecule has 0 aliphatic carbocycles. The van der Waals surface area contributed by atoms with Gasteiger partial charge in [0.05, 0.1) is 5.02 Å². The molecule has 0 amide bonds. The second kappa shape index (κ2) is 5.25. The fraction of sp³-hybridized carbons (Fsp3) is 0. The zero-order valence-corrected chi connectivity index (χ0v) is 10.5. The lowest BCUT2D eigenvalue weighted by atomic mass is 10.3. The average molecular weight is 283 g/mol. The monoisotopic (exact) mass is 282 g/mol. The lowest BCUT2D eigenvalue weighted by Gasteiger charge is -1.99. The van der Waals surface area contributed by atoms with Crippen LogP contribution in [0.5, 0.6) is 11.5 Å². The van der Waals surface area contributed by atoms with E-state index < -0.39 is 0 Å². The van der Waals surface area contributed by atoms with E-state index >= 15 is 0 Å². The number of rotatable bonds is 2. The molecule has 0 saturated heterocycles. The number of hydrogen-bond donors (Lipinski definition) is 2. The Hall–Kier alpha value is -1.78. The third-order valence-electron chi connectivity index (χ3n) is 2.13. The van der Waals surface area contributed by atoms with Crippen molar-refractivity contribution in [2.45, 2.75) is 0 Å². The molecule has 2 rings (SSSR count). The van der Waals surface area contributed by atoms with Gasteiger partial charge in [-0.1, -0.05) is 23.2 Å². The Labute approximate surface area is 113 Å². The molecule has 0 aliphatic rings. The molecule has 0 bridgehead atoms. The Morgan fingerprint density at radius 2 is 1.56 bits per heavy atom. The molecule has 0 aliphatic heterocycles. The molecule has 18 heavy (non-hydrogen) atoms. The molecule has 0 atom stereocenters. The van der Waals surface area contributed by atoms with Crippen LogP contribution in [0.2, 0.25) is 10.0 Å². The van der Waals surface area contributed by atoms with Crippen LogP contribution >= 0.6 is 23.2 Å². The standard InChI is InChI=1S/C12H8Cl2N2O2/c13-7-1-3-9(14)11(5-7)16-15-10-4-2-8(17)6-12(10)18/h1-6,17-18H. The predicted octanol–water partition coefficient (Wildman–Crippen LogP) is 4.82. The van der Waals surface area contributed by atoms with Gasteiger partial charge in [-0.3, -0.25) is 0 Å². The second-order valence-electron chi connectivity index (χ2n) is 3.47. The maximum atomic E-state index is 9.52. The molecule has 0 unspecified atom stereocenters. The highest BCUT2D eigenvalue weighted by Gasteiger charge is 2.03. The maximum absolute atomic E-state index is 9.52. The summed E-state index contributed by atoms with van der Waals surface area (Å²) in [5.41, 5.74) is 0.625. The minimum absolute atomic E-state index is 0.0489. The summed E-state index contributed by atoms with van der Waals surface area (Å²) >= 11 is 11.7. The Balaban J connectivity index is 2.32.